The summed E-state index contributed by atoms with van der Waals surface area (Å²) in [5.41, 5.74) is 2.97. The van der Waals surface area contributed by atoms with E-state index in [9.17, 15) is 0 Å². The van der Waals surface area contributed by atoms with E-state index in [2.05, 4.69) is 23.0 Å². The zero-order valence-corrected chi connectivity index (χ0v) is 11.3. The Balaban J connectivity index is 2.26. The number of hydrogen-bond acceptors (Lipinski definition) is 2. The molecule has 0 unspecified atom stereocenters. The first-order valence-corrected chi connectivity index (χ1v) is 6.41. The van der Waals surface area contributed by atoms with Crippen molar-refractivity contribution in [2.24, 2.45) is 4.99 Å². The van der Waals surface area contributed by atoms with E-state index in [1.54, 1.807) is 0 Å². The van der Waals surface area contributed by atoms with Gasteiger partial charge in [0.1, 0.15) is 5.15 Å². The topological polar surface area (TPSA) is 28.5 Å². The van der Waals surface area contributed by atoms with Crippen LogP contribution in [0, 0.1) is 6.92 Å². The molecule has 1 aromatic heterocycles. The SMILES string of the molecule is CCN(C)/C=N/c1cc(C2CC2)c(Cl)nc1C. The summed E-state index contributed by atoms with van der Waals surface area (Å²) in [7, 11) is 2.00. The molecular weight excluding hydrogens is 234 g/mol. The highest BCUT2D eigenvalue weighted by Gasteiger charge is 2.27. The lowest BCUT2D eigenvalue weighted by molar-refractivity contribution is 0.552. The van der Waals surface area contributed by atoms with Crippen molar-refractivity contribution in [1.82, 2.24) is 9.88 Å². The summed E-state index contributed by atoms with van der Waals surface area (Å²) in [6, 6.07) is 2.09. The Morgan fingerprint density at radius 3 is 2.88 bits per heavy atom. The maximum Gasteiger partial charge on any atom is 0.132 e. The lowest BCUT2D eigenvalue weighted by Gasteiger charge is -2.10. The van der Waals surface area contributed by atoms with E-state index in [0.717, 1.165) is 23.5 Å². The first kappa shape index (κ1) is 12.4. The lowest BCUT2D eigenvalue weighted by Crippen LogP contribution is -2.14. The van der Waals surface area contributed by atoms with Crippen molar-refractivity contribution in [3.8, 4) is 0 Å². The Hall–Kier alpha value is -1.09. The Labute approximate surface area is 108 Å². The third-order valence-electron chi connectivity index (χ3n) is 3.08. The summed E-state index contributed by atoms with van der Waals surface area (Å²) >= 11 is 6.15. The van der Waals surface area contributed by atoms with E-state index in [4.69, 9.17) is 11.6 Å². The van der Waals surface area contributed by atoms with Gasteiger partial charge in [0, 0.05) is 13.6 Å². The second-order valence-electron chi connectivity index (χ2n) is 4.57. The van der Waals surface area contributed by atoms with Gasteiger partial charge < -0.3 is 4.90 Å². The summed E-state index contributed by atoms with van der Waals surface area (Å²) in [6.45, 7) is 4.98. The molecule has 17 heavy (non-hydrogen) atoms. The summed E-state index contributed by atoms with van der Waals surface area (Å²) in [5.74, 6) is 0.605. The molecule has 0 aliphatic heterocycles. The number of rotatable bonds is 4. The Kier molecular flexibility index (Phi) is 3.67. The third kappa shape index (κ3) is 2.97. The molecule has 2 rings (SSSR count). The van der Waals surface area contributed by atoms with Gasteiger partial charge in [0.2, 0.25) is 0 Å². The number of aliphatic imine (C=N–C) groups is 1. The van der Waals surface area contributed by atoms with Gasteiger partial charge in [0.15, 0.2) is 0 Å². The summed E-state index contributed by atoms with van der Waals surface area (Å²) in [6.07, 6.45) is 4.29. The number of aromatic nitrogens is 1. The molecule has 92 valence electrons. The average molecular weight is 252 g/mol. The smallest absolute Gasteiger partial charge is 0.132 e. The highest BCUT2D eigenvalue weighted by molar-refractivity contribution is 6.30. The summed E-state index contributed by atoms with van der Waals surface area (Å²) < 4.78 is 0. The largest absolute Gasteiger partial charge is 0.366 e. The van der Waals surface area contributed by atoms with Crippen LogP contribution in [0.3, 0.4) is 0 Å². The van der Waals surface area contributed by atoms with Crippen LogP contribution in [0.4, 0.5) is 5.69 Å². The van der Waals surface area contributed by atoms with Crippen LogP contribution >= 0.6 is 11.6 Å². The molecule has 0 spiro atoms. The number of aryl methyl sites for hydroxylation is 1. The van der Waals surface area contributed by atoms with Crippen LogP contribution in [0.15, 0.2) is 11.1 Å². The van der Waals surface area contributed by atoms with Gasteiger partial charge in [-0.15, -0.1) is 0 Å². The quantitative estimate of drug-likeness (QED) is 0.465. The van der Waals surface area contributed by atoms with Crippen LogP contribution in [-0.4, -0.2) is 29.8 Å². The van der Waals surface area contributed by atoms with Gasteiger partial charge in [-0.25, -0.2) is 9.98 Å². The van der Waals surface area contributed by atoms with Crippen molar-refractivity contribution in [3.63, 3.8) is 0 Å². The first-order chi connectivity index (χ1) is 8.11. The van der Waals surface area contributed by atoms with Gasteiger partial charge in [-0.2, -0.15) is 0 Å². The minimum Gasteiger partial charge on any atom is -0.366 e. The van der Waals surface area contributed by atoms with Gasteiger partial charge >= 0.3 is 0 Å². The van der Waals surface area contributed by atoms with Gasteiger partial charge in [-0.05, 0) is 44.2 Å². The Morgan fingerprint density at radius 2 is 2.29 bits per heavy atom. The van der Waals surface area contributed by atoms with E-state index >= 15 is 0 Å². The fourth-order valence-corrected chi connectivity index (χ4v) is 1.97. The molecule has 1 aliphatic rings. The number of nitrogens with zero attached hydrogens (tertiary/aromatic N) is 3. The fourth-order valence-electron chi connectivity index (χ4n) is 1.63. The van der Waals surface area contributed by atoms with Crippen molar-refractivity contribution < 1.29 is 0 Å². The third-order valence-corrected chi connectivity index (χ3v) is 3.38. The minimum atomic E-state index is 0.605. The van der Waals surface area contributed by atoms with E-state index in [1.807, 2.05) is 25.2 Å². The second-order valence-corrected chi connectivity index (χ2v) is 4.92. The highest BCUT2D eigenvalue weighted by Crippen LogP contribution is 2.44. The standard InChI is InChI=1S/C13H18ClN3/c1-4-17(3)8-15-12-7-11(10-5-6-10)13(14)16-9(12)2/h7-8,10H,4-6H2,1-3H3/b15-8+. The van der Waals surface area contributed by atoms with Crippen LogP contribution in [0.1, 0.15) is 36.9 Å². The van der Waals surface area contributed by atoms with Crippen molar-refractivity contribution in [3.05, 3.63) is 22.5 Å². The monoisotopic (exact) mass is 251 g/mol. The van der Waals surface area contributed by atoms with Gasteiger partial charge in [-0.1, -0.05) is 11.6 Å². The molecule has 0 bridgehead atoms. The lowest BCUT2D eigenvalue weighted by atomic mass is 10.1. The molecule has 1 heterocycles. The molecule has 1 fully saturated rings. The molecule has 1 saturated carbocycles. The zero-order valence-electron chi connectivity index (χ0n) is 10.6. The van der Waals surface area contributed by atoms with Crippen molar-refractivity contribution in [1.29, 1.82) is 0 Å². The number of hydrogen-bond donors (Lipinski definition) is 0. The molecule has 3 nitrogen and oxygen atoms in total. The van der Waals surface area contributed by atoms with E-state index in [1.165, 1.54) is 12.8 Å². The molecule has 0 atom stereocenters. The van der Waals surface area contributed by atoms with Crippen LogP contribution in [0.5, 0.6) is 0 Å². The van der Waals surface area contributed by atoms with Crippen molar-refractivity contribution in [2.75, 3.05) is 13.6 Å². The number of halogens is 1. The molecule has 0 radical (unpaired) electrons. The van der Waals surface area contributed by atoms with Crippen molar-refractivity contribution >= 4 is 23.6 Å². The maximum absolute atomic E-state index is 6.15. The molecular formula is C13H18ClN3. The predicted octanol–water partition coefficient (Wildman–Crippen LogP) is 3.53. The van der Waals surface area contributed by atoms with E-state index in [0.29, 0.717) is 11.1 Å². The van der Waals surface area contributed by atoms with Crippen LogP contribution in [-0.2, 0) is 0 Å². The maximum atomic E-state index is 6.15. The number of pyridine rings is 1. The van der Waals surface area contributed by atoms with E-state index < -0.39 is 0 Å². The summed E-state index contributed by atoms with van der Waals surface area (Å²) in [4.78, 5) is 10.9. The minimum absolute atomic E-state index is 0.605. The van der Waals surface area contributed by atoms with Gasteiger partial charge in [-0.3, -0.25) is 0 Å². The highest BCUT2D eigenvalue weighted by atomic mass is 35.5. The Bertz CT molecular complexity index is 439. The molecule has 0 N–H and O–H groups in total. The van der Waals surface area contributed by atoms with Crippen LogP contribution < -0.4 is 0 Å². The van der Waals surface area contributed by atoms with E-state index in [-0.39, 0.29) is 0 Å². The molecule has 0 amide bonds. The molecule has 1 aromatic rings. The molecule has 4 heteroatoms. The molecule has 0 saturated heterocycles. The second kappa shape index (κ2) is 5.05. The average Bonchev–Trinajstić information content (AvgIpc) is 3.11. The molecule has 0 aromatic carbocycles. The first-order valence-electron chi connectivity index (χ1n) is 6.03. The van der Waals surface area contributed by atoms with Crippen LogP contribution in [0.2, 0.25) is 5.15 Å². The van der Waals surface area contributed by atoms with Gasteiger partial charge in [0.25, 0.3) is 0 Å². The van der Waals surface area contributed by atoms with Gasteiger partial charge in [0.05, 0.1) is 17.7 Å². The predicted molar refractivity (Wildman–Crippen MR) is 72.4 cm³/mol. The zero-order chi connectivity index (χ0) is 12.4. The molecule has 1 aliphatic carbocycles. The summed E-state index contributed by atoms with van der Waals surface area (Å²) in [5, 5.41) is 0.646. The van der Waals surface area contributed by atoms with Crippen LogP contribution in [0.25, 0.3) is 0 Å². The van der Waals surface area contributed by atoms with Crippen molar-refractivity contribution in [2.45, 2.75) is 32.6 Å². The normalized spacial score (nSPS) is 15.5. The Morgan fingerprint density at radius 1 is 1.59 bits per heavy atom. The fraction of sp³-hybridized carbons (Fsp3) is 0.538.